The lowest BCUT2D eigenvalue weighted by Crippen LogP contribution is -2.66. The highest BCUT2D eigenvalue weighted by Crippen LogP contribution is 2.75. The summed E-state index contributed by atoms with van der Waals surface area (Å²) in [5.74, 6) is 0.534. The Kier molecular flexibility index (Phi) is 5.91. The van der Waals surface area contributed by atoms with E-state index in [9.17, 15) is 14.7 Å². The van der Waals surface area contributed by atoms with E-state index in [1.165, 1.54) is 18.3 Å². The van der Waals surface area contributed by atoms with Crippen molar-refractivity contribution in [3.63, 3.8) is 0 Å². The van der Waals surface area contributed by atoms with Crippen LogP contribution >= 0.6 is 0 Å². The molecule has 206 valence electrons. The summed E-state index contributed by atoms with van der Waals surface area (Å²) in [4.78, 5) is 27.9. The molecule has 4 fully saturated rings. The molecule has 0 unspecified atom stereocenters. The fraction of sp³-hybridized carbons (Fsp3) is 0.818. The molecule has 0 aromatic carbocycles. The molecule has 0 amide bonds. The third kappa shape index (κ3) is 3.23. The second kappa shape index (κ2) is 8.05. The summed E-state index contributed by atoms with van der Waals surface area (Å²) in [7, 11) is 1.51. The Morgan fingerprint density at radius 3 is 2.35 bits per heavy atom. The largest absolute Gasteiger partial charge is 0.469 e. The molecule has 4 saturated carbocycles. The average molecular weight is 511 g/mol. The van der Waals surface area contributed by atoms with Crippen LogP contribution in [-0.2, 0) is 14.3 Å². The fourth-order valence-electron chi connectivity index (χ4n) is 10.9. The maximum Gasteiger partial charge on any atom is 0.312 e. The molecule has 0 saturated heterocycles. The first-order valence-corrected chi connectivity index (χ1v) is 14.7. The lowest BCUT2D eigenvalue weighted by molar-refractivity contribution is -0.193. The molecule has 1 N–H and O–H groups in total. The number of carbonyl (C=O) groups excluding carboxylic acids is 2. The lowest BCUT2D eigenvalue weighted by atomic mass is 9.33. The van der Waals surface area contributed by atoms with E-state index in [0.717, 1.165) is 51.4 Å². The Balaban J connectivity index is 1.67. The number of hydrogen-bond acceptors (Lipinski definition) is 4. The number of esters is 1. The number of methoxy groups -OCH3 is 1. The number of allylic oxidation sites excluding steroid dienone is 3. The number of rotatable bonds is 2. The molecule has 5 aliphatic carbocycles. The van der Waals surface area contributed by atoms with Crippen LogP contribution in [-0.4, -0.2) is 30.6 Å². The Labute approximate surface area is 224 Å². The van der Waals surface area contributed by atoms with Gasteiger partial charge in [0.05, 0.1) is 12.5 Å². The van der Waals surface area contributed by atoms with Crippen LogP contribution in [0.1, 0.15) is 99.8 Å². The maximum absolute atomic E-state index is 14.4. The zero-order valence-electron chi connectivity index (χ0n) is 24.6. The van der Waals surface area contributed by atoms with Gasteiger partial charge in [0, 0.05) is 17.9 Å². The van der Waals surface area contributed by atoms with Crippen molar-refractivity contribution in [3.8, 4) is 0 Å². The predicted octanol–water partition coefficient (Wildman–Crippen LogP) is 6.91. The van der Waals surface area contributed by atoms with E-state index in [-0.39, 0.29) is 63.2 Å². The van der Waals surface area contributed by atoms with Crippen molar-refractivity contribution in [1.82, 2.24) is 0 Å². The topological polar surface area (TPSA) is 63.6 Å². The third-order valence-electron chi connectivity index (χ3n) is 13.6. The van der Waals surface area contributed by atoms with Gasteiger partial charge >= 0.3 is 5.97 Å². The van der Waals surface area contributed by atoms with Crippen molar-refractivity contribution in [1.29, 1.82) is 0 Å². The van der Waals surface area contributed by atoms with Gasteiger partial charge < -0.3 is 9.84 Å². The van der Waals surface area contributed by atoms with Crippen molar-refractivity contribution < 1.29 is 19.4 Å². The minimum Gasteiger partial charge on any atom is -0.469 e. The summed E-state index contributed by atoms with van der Waals surface area (Å²) < 4.78 is 5.44. The standard InChI is InChI=1S/C33H50O4/c1-20-17-29(5)24(30(6,19-34)21(20)2)10-11-31(7)25(29)16-23(35)26-22-18-28(3,4)12-14-33(22,27(36)37-9)15-13-32(26,31)8/h16,21-22,24,26,34H,1,10-15,17-19H2,2-9H3/t21-,22-,24+,26-,29-,30+,31+,32+,33-/m0/s1. The summed E-state index contributed by atoms with van der Waals surface area (Å²) >= 11 is 0. The molecule has 4 heteroatoms. The SMILES string of the molecule is C=C1C[C@]2(C)C3=CC(=O)[C@@H]4[C@@H]5CC(C)(C)CC[C@]5(C(=O)OC)CC[C@@]4(C)[C@]3(C)CC[C@H]2[C@](C)(CO)[C@H]1C. The van der Waals surface area contributed by atoms with Crippen LogP contribution in [0.5, 0.6) is 0 Å². The molecule has 37 heavy (non-hydrogen) atoms. The van der Waals surface area contributed by atoms with E-state index in [0.29, 0.717) is 5.92 Å². The van der Waals surface area contributed by atoms with Gasteiger partial charge in [-0.1, -0.05) is 66.2 Å². The highest BCUT2D eigenvalue weighted by Gasteiger charge is 2.71. The van der Waals surface area contributed by atoms with Crippen LogP contribution in [0.4, 0.5) is 0 Å². The smallest absolute Gasteiger partial charge is 0.312 e. The summed E-state index contributed by atoms with van der Waals surface area (Å²) in [5.41, 5.74) is 1.28. The van der Waals surface area contributed by atoms with Gasteiger partial charge in [-0.3, -0.25) is 9.59 Å². The van der Waals surface area contributed by atoms with E-state index in [4.69, 9.17) is 4.74 Å². The molecule has 9 atom stereocenters. The number of aliphatic hydroxyl groups is 1. The number of ketones is 1. The molecule has 5 rings (SSSR count). The first-order chi connectivity index (χ1) is 17.1. The fourth-order valence-corrected chi connectivity index (χ4v) is 10.9. The van der Waals surface area contributed by atoms with Crippen molar-refractivity contribution in [2.75, 3.05) is 13.7 Å². The summed E-state index contributed by atoms with van der Waals surface area (Å²) in [6.45, 7) is 20.8. The van der Waals surface area contributed by atoms with Gasteiger partial charge in [-0.05, 0) is 96.9 Å². The first kappa shape index (κ1) is 27.2. The highest BCUT2D eigenvalue weighted by molar-refractivity contribution is 5.96. The second-order valence-corrected chi connectivity index (χ2v) is 15.5. The molecule has 0 heterocycles. The van der Waals surface area contributed by atoms with E-state index < -0.39 is 5.41 Å². The van der Waals surface area contributed by atoms with Crippen molar-refractivity contribution in [2.24, 2.45) is 56.2 Å². The summed E-state index contributed by atoms with van der Waals surface area (Å²) in [6, 6.07) is 0. The van der Waals surface area contributed by atoms with Crippen LogP contribution < -0.4 is 0 Å². The van der Waals surface area contributed by atoms with Gasteiger partial charge in [-0.15, -0.1) is 0 Å². The number of ether oxygens (including phenoxy) is 1. The lowest BCUT2D eigenvalue weighted by Gasteiger charge is -2.70. The molecule has 0 aromatic rings. The van der Waals surface area contributed by atoms with Crippen LogP contribution in [0.3, 0.4) is 0 Å². The quantitative estimate of drug-likeness (QED) is 0.324. The second-order valence-electron chi connectivity index (χ2n) is 15.5. The van der Waals surface area contributed by atoms with Gasteiger partial charge in [-0.2, -0.15) is 0 Å². The van der Waals surface area contributed by atoms with Gasteiger partial charge in [0.15, 0.2) is 5.78 Å². The zero-order valence-corrected chi connectivity index (χ0v) is 24.6. The predicted molar refractivity (Wildman–Crippen MR) is 147 cm³/mol. The van der Waals surface area contributed by atoms with E-state index in [2.05, 4.69) is 55.0 Å². The molecule has 0 aromatic heterocycles. The first-order valence-electron chi connectivity index (χ1n) is 14.7. The van der Waals surface area contributed by atoms with Crippen molar-refractivity contribution in [3.05, 3.63) is 23.8 Å². The third-order valence-corrected chi connectivity index (χ3v) is 13.6. The van der Waals surface area contributed by atoms with Crippen LogP contribution in [0, 0.1) is 56.2 Å². The van der Waals surface area contributed by atoms with Gasteiger partial charge in [0.1, 0.15) is 0 Å². The van der Waals surface area contributed by atoms with E-state index >= 15 is 0 Å². The summed E-state index contributed by atoms with van der Waals surface area (Å²) in [6.07, 6.45) is 9.38. The molecule has 0 bridgehead atoms. The van der Waals surface area contributed by atoms with Crippen LogP contribution in [0.2, 0.25) is 0 Å². The Morgan fingerprint density at radius 1 is 1.08 bits per heavy atom. The van der Waals surface area contributed by atoms with E-state index in [1.54, 1.807) is 0 Å². The average Bonchev–Trinajstić information content (AvgIpc) is 2.83. The zero-order chi connectivity index (χ0) is 27.4. The minimum atomic E-state index is -0.545. The molecule has 0 aliphatic heterocycles. The minimum absolute atomic E-state index is 0.0131. The number of hydrogen-bond donors (Lipinski definition) is 1. The molecule has 4 nitrogen and oxygen atoms in total. The normalized spacial score (nSPS) is 50.7. The molecular formula is C33H50O4. The monoisotopic (exact) mass is 510 g/mol. The molecule has 0 spiro atoms. The molecule has 0 radical (unpaired) electrons. The van der Waals surface area contributed by atoms with Crippen LogP contribution in [0.25, 0.3) is 0 Å². The number of carbonyl (C=O) groups is 2. The van der Waals surface area contributed by atoms with Crippen molar-refractivity contribution >= 4 is 11.8 Å². The maximum atomic E-state index is 14.4. The number of fused-ring (bicyclic) bond motifs is 7. The molecular weight excluding hydrogens is 460 g/mol. The van der Waals surface area contributed by atoms with Gasteiger partial charge in [0.2, 0.25) is 0 Å². The van der Waals surface area contributed by atoms with Gasteiger partial charge in [-0.25, -0.2) is 0 Å². The number of aliphatic hydroxyl groups excluding tert-OH is 1. The Morgan fingerprint density at radius 2 is 1.73 bits per heavy atom. The van der Waals surface area contributed by atoms with E-state index in [1.807, 2.05) is 6.08 Å². The Hall–Kier alpha value is -1.42. The van der Waals surface area contributed by atoms with Crippen molar-refractivity contribution in [2.45, 2.75) is 99.8 Å². The molecule has 5 aliphatic rings. The Bertz CT molecular complexity index is 1070. The van der Waals surface area contributed by atoms with Gasteiger partial charge in [0.25, 0.3) is 0 Å². The highest BCUT2D eigenvalue weighted by atomic mass is 16.5. The van der Waals surface area contributed by atoms with Crippen LogP contribution in [0.15, 0.2) is 23.8 Å². The summed E-state index contributed by atoms with van der Waals surface area (Å²) in [5, 5.41) is 10.7.